The molecule has 4 aliphatic heterocycles. The molecule has 0 aliphatic carbocycles. The van der Waals surface area contributed by atoms with Crippen LogP contribution in [-0.4, -0.2) is 309 Å². The summed E-state index contributed by atoms with van der Waals surface area (Å²) in [6.45, 7) is -0.952. The number of nitrogens with one attached hydrogen (secondary N) is 2. The zero-order valence-electron chi connectivity index (χ0n) is 53.6. The second kappa shape index (κ2) is 30.9. The Morgan fingerprint density at radius 3 is 1.39 bits per heavy atom. The molecule has 5 aromatic heterocycles. The standard InChI is InChI=1S/C49H84N22O19P4/c1-60(2)91(77,81-9)66-22-33(89-38(26-66)70-31-53-40-42(70)56-46(51)58-44(40)73)29-86-94(80,63(7)8)68-24-35(90-39(27-68)71-32-54-41-43(71)57-47(52)59-45(41)74)30-87-93(79,62(5)6)67-23-34(88-37(25-67)69-11-10-36(50)55-48(69)75)28-85-92(78,61(3)4)65-14-12-64(13-15-65)49(76)84-21-20-83-19-18-82-17-16-72/h10-11,31-35,37-39,72H,12-30H2,1-9H3,(H2,50,55,75)(H3,51,56,58,73)(H3,52,57,59,74). The number of nitrogen functional groups attached to an aromatic ring is 3. The van der Waals surface area contributed by atoms with Crippen molar-refractivity contribution in [3.05, 3.63) is 56.1 Å². The van der Waals surface area contributed by atoms with Gasteiger partial charge in [-0.2, -0.15) is 15.0 Å². The first-order valence-electron chi connectivity index (χ1n) is 29.7. The molecule has 0 aromatic carbocycles. The minimum atomic E-state index is -4.31. The van der Waals surface area contributed by atoms with Gasteiger partial charge in [0.2, 0.25) is 11.9 Å². The van der Waals surface area contributed by atoms with Crippen molar-refractivity contribution in [2.75, 3.05) is 206 Å². The topological polar surface area (TPSA) is 467 Å². The van der Waals surface area contributed by atoms with E-state index in [0.29, 0.717) is 0 Å². The van der Waals surface area contributed by atoms with Crippen LogP contribution in [0.25, 0.3) is 22.3 Å². The Labute approximate surface area is 539 Å². The largest absolute Gasteiger partial charge is 0.447 e. The molecule has 45 heteroatoms. The van der Waals surface area contributed by atoms with Crippen molar-refractivity contribution >= 4 is 76.8 Å². The second-order valence-electron chi connectivity index (χ2n) is 22.8. The van der Waals surface area contributed by atoms with E-state index in [9.17, 15) is 23.7 Å². The van der Waals surface area contributed by atoms with Crippen LogP contribution in [0.15, 0.2) is 39.3 Å². The maximum absolute atomic E-state index is 15.9. The van der Waals surface area contributed by atoms with Gasteiger partial charge in [0.15, 0.2) is 28.6 Å². The van der Waals surface area contributed by atoms with Crippen LogP contribution in [0.5, 0.6) is 0 Å². The fourth-order valence-corrected chi connectivity index (χ4v) is 18.7. The molecule has 1 amide bonds. The zero-order chi connectivity index (χ0) is 68.0. The number of nitrogens with two attached hydrogens (primary N) is 3. The molecule has 41 nitrogen and oxygen atoms in total. The average Bonchev–Trinajstić information content (AvgIpc) is 1.39. The summed E-state index contributed by atoms with van der Waals surface area (Å²) in [5.74, 6) is -0.478. The number of aromatic amines is 2. The van der Waals surface area contributed by atoms with E-state index < -0.39 is 104 Å². The summed E-state index contributed by atoms with van der Waals surface area (Å²) in [6, 6.07) is 1.39. The van der Waals surface area contributed by atoms with Crippen molar-refractivity contribution in [1.82, 2.24) is 90.9 Å². The molecule has 10 unspecified atom stereocenters. The fourth-order valence-electron chi connectivity index (χ4n) is 10.9. The summed E-state index contributed by atoms with van der Waals surface area (Å²) in [7, 11) is -2.49. The van der Waals surface area contributed by atoms with Crippen LogP contribution in [-0.2, 0) is 64.8 Å². The Balaban J connectivity index is 0.956. The molecule has 9 N–H and O–H groups in total. The van der Waals surface area contributed by atoms with E-state index in [-0.39, 0.29) is 152 Å². The molecule has 524 valence electrons. The van der Waals surface area contributed by atoms with Crippen LogP contribution >= 0.6 is 30.7 Å². The second-order valence-corrected chi connectivity index (χ2v) is 33.3. The molecule has 0 saturated carbocycles. The van der Waals surface area contributed by atoms with Crippen molar-refractivity contribution in [3.8, 4) is 0 Å². The third-order valence-corrected chi connectivity index (χ3v) is 25.8. The van der Waals surface area contributed by atoms with Crippen LogP contribution in [0.2, 0.25) is 0 Å². The third kappa shape index (κ3) is 16.0. The van der Waals surface area contributed by atoms with Gasteiger partial charge in [-0.05, 0) is 62.4 Å². The van der Waals surface area contributed by atoms with Crippen LogP contribution < -0.4 is 34.0 Å². The van der Waals surface area contributed by atoms with E-state index in [2.05, 4.69) is 34.9 Å². The summed E-state index contributed by atoms with van der Waals surface area (Å²) < 4.78 is 138. The highest BCUT2D eigenvalue weighted by molar-refractivity contribution is 7.54. The fraction of sp³-hybridized carbons (Fsp3) is 0.694. The summed E-state index contributed by atoms with van der Waals surface area (Å²) >= 11 is 0. The summed E-state index contributed by atoms with van der Waals surface area (Å²) in [4.78, 5) is 79.9. The average molecular weight is 1410 g/mol. The molecular weight excluding hydrogens is 1320 g/mol. The van der Waals surface area contributed by atoms with Crippen LogP contribution in [0.3, 0.4) is 0 Å². The van der Waals surface area contributed by atoms with Gasteiger partial charge in [0.25, 0.3) is 11.1 Å². The van der Waals surface area contributed by atoms with E-state index in [1.807, 2.05) is 0 Å². The molecule has 0 bridgehead atoms. The summed E-state index contributed by atoms with van der Waals surface area (Å²) in [5, 5.41) is 8.86. The molecule has 9 rings (SSSR count). The molecule has 9 heterocycles. The molecular formula is C49H84N22O19P4. The lowest BCUT2D eigenvalue weighted by atomic mass is 10.3. The zero-order valence-corrected chi connectivity index (χ0v) is 57.2. The van der Waals surface area contributed by atoms with Crippen molar-refractivity contribution < 1.29 is 74.7 Å². The number of amides is 1. The first-order chi connectivity index (χ1) is 44.6. The lowest BCUT2D eigenvalue weighted by Gasteiger charge is -2.46. The van der Waals surface area contributed by atoms with Crippen LogP contribution in [0.4, 0.5) is 22.5 Å². The van der Waals surface area contributed by atoms with E-state index in [4.69, 9.17) is 68.8 Å². The van der Waals surface area contributed by atoms with Gasteiger partial charge in [-0.1, -0.05) is 0 Å². The highest BCUT2D eigenvalue weighted by Gasteiger charge is 2.49. The minimum absolute atomic E-state index is 0.0107. The predicted octanol–water partition coefficient (Wildman–Crippen LogP) is -0.991. The number of morpholine rings is 3. The Kier molecular flexibility index (Phi) is 23.9. The third-order valence-electron chi connectivity index (χ3n) is 15.6. The number of piperazine rings is 1. The lowest BCUT2D eigenvalue weighted by Crippen LogP contribution is -2.51. The van der Waals surface area contributed by atoms with E-state index in [0.717, 1.165) is 4.57 Å². The number of hydrogen-bond donors (Lipinski definition) is 6. The number of aliphatic hydroxyl groups is 1. The minimum Gasteiger partial charge on any atom is -0.447 e. The molecule has 0 spiro atoms. The number of rotatable bonds is 29. The van der Waals surface area contributed by atoms with Gasteiger partial charge in [0, 0.05) is 59.1 Å². The number of H-pyrrole nitrogens is 2. The SMILES string of the molecule is COP(=O)(N(C)C)N1CC(COP(=O)(N(C)C)N2CC(COP(=O)(N(C)C)N3CC(COP(=O)(N(C)C)N4CCN(C(=O)OCCOCCOCCO)CC4)OC(n4ccc(N)nc4=O)C3)OC(n3cnc4c(=O)[nH]c(N)nc43)C2)OC(n2cnc3c(=O)[nH]c(N)nc32)C1. The van der Waals surface area contributed by atoms with Crippen molar-refractivity contribution in [1.29, 1.82) is 0 Å². The smallest absolute Gasteiger partial charge is 0.409 e. The van der Waals surface area contributed by atoms with Crippen LogP contribution in [0.1, 0.15) is 18.7 Å². The number of imidazole rings is 2. The maximum Gasteiger partial charge on any atom is 0.409 e. The number of ether oxygens (including phenoxy) is 6. The Morgan fingerprint density at radius 1 is 0.574 bits per heavy atom. The number of nitrogens with zero attached hydrogens (tertiary/aromatic N) is 17. The van der Waals surface area contributed by atoms with Gasteiger partial charge < -0.3 is 73.7 Å². The van der Waals surface area contributed by atoms with Crippen molar-refractivity contribution in [3.63, 3.8) is 0 Å². The van der Waals surface area contributed by atoms with Gasteiger partial charge in [0.05, 0.1) is 103 Å². The maximum atomic E-state index is 15.9. The molecule has 4 aliphatic rings. The number of aliphatic hydroxyl groups excluding tert-OH is 1. The molecule has 94 heavy (non-hydrogen) atoms. The van der Waals surface area contributed by atoms with Gasteiger partial charge in [-0.15, -0.1) is 0 Å². The summed E-state index contributed by atoms with van der Waals surface area (Å²) in [6.07, 6.45) is -3.16. The van der Waals surface area contributed by atoms with E-state index in [1.54, 1.807) is 37.5 Å². The van der Waals surface area contributed by atoms with E-state index in [1.165, 1.54) is 102 Å². The Bertz CT molecular complexity index is 3810. The first kappa shape index (κ1) is 72.7. The van der Waals surface area contributed by atoms with E-state index >= 15 is 13.7 Å². The number of fused-ring (bicyclic) bond motifs is 2. The first-order valence-corrected chi connectivity index (χ1v) is 35.8. The molecule has 4 fully saturated rings. The van der Waals surface area contributed by atoms with Crippen molar-refractivity contribution in [2.24, 2.45) is 0 Å². The van der Waals surface area contributed by atoms with Gasteiger partial charge >= 0.3 is 42.5 Å². The molecule has 10 atom stereocenters. The number of carbonyl (C=O) groups excluding carboxylic acids is 1. The molecule has 5 aromatic rings. The summed E-state index contributed by atoms with van der Waals surface area (Å²) in [5.41, 5.74) is 15.8. The highest BCUT2D eigenvalue weighted by atomic mass is 31.2. The van der Waals surface area contributed by atoms with Crippen molar-refractivity contribution in [2.45, 2.75) is 37.0 Å². The number of anilines is 3. The monoisotopic (exact) mass is 1410 g/mol. The van der Waals surface area contributed by atoms with Gasteiger partial charge in [0.1, 0.15) is 24.9 Å². The van der Waals surface area contributed by atoms with Gasteiger partial charge in [-0.3, -0.25) is 51.5 Å². The highest BCUT2D eigenvalue weighted by Crippen LogP contribution is 2.59. The predicted molar refractivity (Wildman–Crippen MR) is 338 cm³/mol. The number of hydrogen-bond acceptors (Lipinski definition) is 27. The quantitative estimate of drug-likeness (QED) is 0.0247. The number of aromatic nitrogens is 10. The Hall–Kier alpha value is -5.55. The van der Waals surface area contributed by atoms with Gasteiger partial charge in [-0.25, -0.2) is 56.9 Å². The number of carbonyl (C=O) groups is 1. The molecule has 4 saturated heterocycles. The Morgan fingerprint density at radius 2 is 0.979 bits per heavy atom. The molecule has 0 radical (unpaired) electrons. The normalized spacial score (nSPS) is 24.3. The van der Waals surface area contributed by atoms with Crippen LogP contribution in [0, 0.1) is 0 Å². The lowest BCUT2D eigenvalue weighted by molar-refractivity contribution is -0.129.